The minimum Gasteiger partial charge on any atom is -0.464 e. The van der Waals surface area contributed by atoms with Crippen molar-refractivity contribution in [2.24, 2.45) is 0 Å². The molecule has 3 rings (SSSR count). The van der Waals surface area contributed by atoms with E-state index in [4.69, 9.17) is 4.42 Å². The van der Waals surface area contributed by atoms with E-state index in [-0.39, 0.29) is 11.9 Å². The Balaban J connectivity index is 1.73. The van der Waals surface area contributed by atoms with Crippen molar-refractivity contribution in [3.63, 3.8) is 0 Å². The van der Waals surface area contributed by atoms with E-state index in [1.165, 1.54) is 6.42 Å². The molecule has 1 saturated heterocycles. The Morgan fingerprint density at radius 1 is 1.35 bits per heavy atom. The Labute approximate surface area is 118 Å². The maximum absolute atomic E-state index is 12.4. The Bertz CT molecular complexity index is 602. The van der Waals surface area contributed by atoms with Crippen LogP contribution in [0.15, 0.2) is 29.0 Å². The van der Waals surface area contributed by atoms with Crippen LogP contribution in [0.1, 0.15) is 26.2 Å². The summed E-state index contributed by atoms with van der Waals surface area (Å²) >= 11 is 0. The highest BCUT2D eigenvalue weighted by atomic mass is 16.3. The smallest absolute Gasteiger partial charge is 0.244 e. The van der Waals surface area contributed by atoms with E-state index in [9.17, 15) is 4.79 Å². The lowest BCUT2D eigenvalue weighted by molar-refractivity contribution is -0.132. The Hall–Kier alpha value is -2.04. The molecular weight excluding hydrogens is 254 g/mol. The number of nitrogens with one attached hydrogen (secondary N) is 1. The van der Waals surface area contributed by atoms with Crippen molar-refractivity contribution in [3.8, 4) is 0 Å². The molecule has 0 radical (unpaired) electrons. The number of furan rings is 1. The van der Waals surface area contributed by atoms with Crippen molar-refractivity contribution in [2.75, 3.05) is 18.4 Å². The zero-order valence-corrected chi connectivity index (χ0v) is 11.6. The average molecular weight is 273 g/mol. The molecule has 1 aliphatic rings. The molecule has 1 N–H and O–H groups in total. The summed E-state index contributed by atoms with van der Waals surface area (Å²) < 4.78 is 5.34. The molecular formula is C15H19N3O2. The van der Waals surface area contributed by atoms with Gasteiger partial charge in [0.15, 0.2) is 0 Å². The maximum Gasteiger partial charge on any atom is 0.244 e. The number of amides is 1. The van der Waals surface area contributed by atoms with Crippen LogP contribution >= 0.6 is 0 Å². The lowest BCUT2D eigenvalue weighted by Gasteiger charge is -2.29. The topological polar surface area (TPSA) is 58.4 Å². The number of anilines is 1. The molecule has 0 saturated carbocycles. The number of fused-ring (bicyclic) bond motifs is 1. The second-order valence-electron chi connectivity index (χ2n) is 5.24. The van der Waals surface area contributed by atoms with E-state index in [0.717, 1.165) is 36.9 Å². The lowest BCUT2D eigenvalue weighted by Crippen LogP contribution is -2.44. The number of carbonyl (C=O) groups is 1. The highest BCUT2D eigenvalue weighted by Crippen LogP contribution is 2.22. The molecule has 5 nitrogen and oxygen atoms in total. The van der Waals surface area contributed by atoms with E-state index >= 15 is 0 Å². The Morgan fingerprint density at radius 2 is 2.15 bits per heavy atom. The minimum absolute atomic E-state index is 0.145. The fraction of sp³-hybridized carbons (Fsp3) is 0.467. The first-order chi connectivity index (χ1) is 9.75. The quantitative estimate of drug-likeness (QED) is 0.934. The summed E-state index contributed by atoms with van der Waals surface area (Å²) in [5.74, 6) is 0.848. The number of hydrogen-bond donors (Lipinski definition) is 1. The van der Waals surface area contributed by atoms with Crippen LogP contribution in [0, 0.1) is 0 Å². The molecule has 0 aliphatic carbocycles. The van der Waals surface area contributed by atoms with Crippen molar-refractivity contribution in [1.29, 1.82) is 0 Å². The number of rotatable bonds is 3. The first kappa shape index (κ1) is 13.0. The molecule has 1 fully saturated rings. The van der Waals surface area contributed by atoms with Crippen LogP contribution in [-0.2, 0) is 4.79 Å². The van der Waals surface area contributed by atoms with Crippen molar-refractivity contribution >= 4 is 22.7 Å². The summed E-state index contributed by atoms with van der Waals surface area (Å²) in [7, 11) is 0. The van der Waals surface area contributed by atoms with Crippen LogP contribution in [0.3, 0.4) is 0 Å². The number of likely N-dealkylation sites (tertiary alicyclic amines) is 1. The molecule has 0 spiro atoms. The second kappa shape index (κ2) is 5.53. The van der Waals surface area contributed by atoms with Gasteiger partial charge in [0.25, 0.3) is 0 Å². The summed E-state index contributed by atoms with van der Waals surface area (Å²) in [6.07, 6.45) is 6.75. The Kier molecular flexibility index (Phi) is 3.58. The van der Waals surface area contributed by atoms with Gasteiger partial charge in [0.2, 0.25) is 5.91 Å². The first-order valence-corrected chi connectivity index (χ1v) is 7.13. The summed E-state index contributed by atoms with van der Waals surface area (Å²) in [5.41, 5.74) is 0.778. The van der Waals surface area contributed by atoms with Crippen LogP contribution in [0.5, 0.6) is 0 Å². The van der Waals surface area contributed by atoms with Crippen LogP contribution < -0.4 is 5.32 Å². The molecule has 1 amide bonds. The van der Waals surface area contributed by atoms with Gasteiger partial charge in [-0.05, 0) is 38.3 Å². The third-order valence-electron chi connectivity index (χ3n) is 3.77. The SMILES string of the molecule is CC(Nc1nccc2occc12)C(=O)N1CCCCC1. The third-order valence-corrected chi connectivity index (χ3v) is 3.77. The second-order valence-corrected chi connectivity index (χ2v) is 5.24. The fourth-order valence-corrected chi connectivity index (χ4v) is 2.66. The molecule has 1 aliphatic heterocycles. The summed E-state index contributed by atoms with van der Waals surface area (Å²) in [6.45, 7) is 3.62. The molecule has 0 aromatic carbocycles. The summed E-state index contributed by atoms with van der Waals surface area (Å²) in [5, 5.41) is 4.11. The van der Waals surface area contributed by atoms with E-state index in [1.54, 1.807) is 12.5 Å². The summed E-state index contributed by atoms with van der Waals surface area (Å²) in [6, 6.07) is 3.40. The molecule has 1 atom stereocenters. The monoisotopic (exact) mass is 273 g/mol. The van der Waals surface area contributed by atoms with Gasteiger partial charge in [-0.1, -0.05) is 0 Å². The average Bonchev–Trinajstić information content (AvgIpc) is 2.97. The van der Waals surface area contributed by atoms with Gasteiger partial charge in [0.1, 0.15) is 17.4 Å². The van der Waals surface area contributed by atoms with E-state index in [1.807, 2.05) is 24.0 Å². The van der Waals surface area contributed by atoms with Crippen molar-refractivity contribution < 1.29 is 9.21 Å². The number of aromatic nitrogens is 1. The van der Waals surface area contributed by atoms with Crippen molar-refractivity contribution in [1.82, 2.24) is 9.88 Å². The molecule has 20 heavy (non-hydrogen) atoms. The molecule has 106 valence electrons. The highest BCUT2D eigenvalue weighted by molar-refractivity contribution is 5.91. The number of piperidine rings is 1. The summed E-state index contributed by atoms with van der Waals surface area (Å²) in [4.78, 5) is 18.6. The van der Waals surface area contributed by atoms with Gasteiger partial charge in [-0.15, -0.1) is 0 Å². The maximum atomic E-state index is 12.4. The van der Waals surface area contributed by atoms with E-state index in [2.05, 4.69) is 10.3 Å². The van der Waals surface area contributed by atoms with Gasteiger partial charge in [0.05, 0.1) is 11.6 Å². The first-order valence-electron chi connectivity index (χ1n) is 7.13. The van der Waals surface area contributed by atoms with Gasteiger partial charge in [0, 0.05) is 19.3 Å². The van der Waals surface area contributed by atoms with Crippen LogP contribution in [0.4, 0.5) is 5.82 Å². The van der Waals surface area contributed by atoms with Gasteiger partial charge < -0.3 is 14.6 Å². The highest BCUT2D eigenvalue weighted by Gasteiger charge is 2.22. The molecule has 0 bridgehead atoms. The predicted octanol–water partition coefficient (Wildman–Crippen LogP) is 2.64. The van der Waals surface area contributed by atoms with E-state index < -0.39 is 0 Å². The van der Waals surface area contributed by atoms with Gasteiger partial charge in [-0.25, -0.2) is 4.98 Å². The zero-order chi connectivity index (χ0) is 13.9. The number of carbonyl (C=O) groups excluding carboxylic acids is 1. The number of nitrogens with zero attached hydrogens (tertiary/aromatic N) is 2. The third kappa shape index (κ3) is 2.48. The zero-order valence-electron chi connectivity index (χ0n) is 11.6. The normalized spacial score (nSPS) is 17.1. The van der Waals surface area contributed by atoms with Gasteiger partial charge >= 0.3 is 0 Å². The molecule has 2 aromatic rings. The number of hydrogen-bond acceptors (Lipinski definition) is 4. The standard InChI is InChI=1S/C15H19N3O2/c1-11(15(19)18-8-3-2-4-9-18)17-14-12-6-10-20-13(12)5-7-16-14/h5-7,10-11H,2-4,8-9H2,1H3,(H,16,17). The lowest BCUT2D eigenvalue weighted by atomic mass is 10.1. The van der Waals surface area contributed by atoms with E-state index in [0.29, 0.717) is 5.82 Å². The van der Waals surface area contributed by atoms with Gasteiger partial charge in [-0.2, -0.15) is 0 Å². The molecule has 3 heterocycles. The fourth-order valence-electron chi connectivity index (χ4n) is 2.66. The van der Waals surface area contributed by atoms with Crippen LogP contribution in [0.25, 0.3) is 11.0 Å². The predicted molar refractivity (Wildman–Crippen MR) is 77.5 cm³/mol. The van der Waals surface area contributed by atoms with Crippen LogP contribution in [0.2, 0.25) is 0 Å². The van der Waals surface area contributed by atoms with Gasteiger partial charge in [-0.3, -0.25) is 4.79 Å². The minimum atomic E-state index is -0.277. The van der Waals surface area contributed by atoms with Crippen molar-refractivity contribution in [2.45, 2.75) is 32.2 Å². The largest absolute Gasteiger partial charge is 0.464 e. The number of pyridine rings is 1. The van der Waals surface area contributed by atoms with Crippen LogP contribution in [-0.4, -0.2) is 34.9 Å². The molecule has 1 unspecified atom stereocenters. The molecule has 5 heteroatoms. The molecule has 2 aromatic heterocycles. The van der Waals surface area contributed by atoms with Crippen molar-refractivity contribution in [3.05, 3.63) is 24.6 Å². The Morgan fingerprint density at radius 3 is 2.95 bits per heavy atom.